The van der Waals surface area contributed by atoms with Crippen molar-refractivity contribution in [2.75, 3.05) is 18.4 Å². The van der Waals surface area contributed by atoms with Gasteiger partial charge in [-0.1, -0.05) is 17.5 Å². The molecule has 0 radical (unpaired) electrons. The normalized spacial score (nSPS) is 9.53. The maximum Gasteiger partial charge on any atom is 0.337 e. The summed E-state index contributed by atoms with van der Waals surface area (Å²) in [5, 5.41) is 11.8. The summed E-state index contributed by atoms with van der Waals surface area (Å²) in [6.45, 7) is 2.35. The van der Waals surface area contributed by atoms with E-state index >= 15 is 0 Å². The number of carboxylic acid groups (broad SMARTS) is 1. The topological polar surface area (TPSA) is 69.6 Å². The van der Waals surface area contributed by atoms with E-state index in [0.29, 0.717) is 6.54 Å². The molecular formula is C13H13ClN2O3. The van der Waals surface area contributed by atoms with E-state index in [-0.39, 0.29) is 22.8 Å². The van der Waals surface area contributed by atoms with Crippen LogP contribution in [0, 0.1) is 12.3 Å². The van der Waals surface area contributed by atoms with Crippen LogP contribution in [-0.4, -0.2) is 35.1 Å². The first kappa shape index (κ1) is 14.9. The Morgan fingerprint density at radius 2 is 2.21 bits per heavy atom. The molecule has 1 rings (SSSR count). The molecule has 1 aromatic carbocycles. The molecule has 0 spiro atoms. The number of benzene rings is 1. The van der Waals surface area contributed by atoms with Crippen LogP contribution in [0.1, 0.15) is 17.3 Å². The molecule has 0 aliphatic rings. The lowest BCUT2D eigenvalue weighted by molar-refractivity contribution is 0.0698. The summed E-state index contributed by atoms with van der Waals surface area (Å²) < 4.78 is 0. The van der Waals surface area contributed by atoms with Crippen molar-refractivity contribution in [3.05, 3.63) is 28.8 Å². The summed E-state index contributed by atoms with van der Waals surface area (Å²) in [7, 11) is 0. The monoisotopic (exact) mass is 280 g/mol. The van der Waals surface area contributed by atoms with E-state index in [0.717, 1.165) is 0 Å². The van der Waals surface area contributed by atoms with Crippen molar-refractivity contribution in [2.45, 2.75) is 6.92 Å². The number of halogens is 1. The average Bonchev–Trinajstić information content (AvgIpc) is 2.37. The van der Waals surface area contributed by atoms with Gasteiger partial charge in [-0.3, -0.25) is 0 Å². The van der Waals surface area contributed by atoms with E-state index in [2.05, 4.69) is 11.2 Å². The molecule has 6 heteroatoms. The van der Waals surface area contributed by atoms with E-state index in [1.807, 2.05) is 0 Å². The van der Waals surface area contributed by atoms with Crippen LogP contribution in [0.4, 0.5) is 10.5 Å². The van der Waals surface area contributed by atoms with Gasteiger partial charge in [0.05, 0.1) is 17.8 Å². The maximum absolute atomic E-state index is 11.9. The SMILES string of the molecule is C#CCN(CC)C(=O)Nc1ccc(Cl)cc1C(=O)O. The second-order valence-electron chi connectivity index (χ2n) is 3.64. The lowest BCUT2D eigenvalue weighted by Gasteiger charge is -2.19. The van der Waals surface area contributed by atoms with Crippen LogP contribution in [0.5, 0.6) is 0 Å². The number of amides is 2. The number of terminal acetylenes is 1. The van der Waals surface area contributed by atoms with E-state index in [9.17, 15) is 9.59 Å². The van der Waals surface area contributed by atoms with Crippen molar-refractivity contribution < 1.29 is 14.7 Å². The number of nitrogens with one attached hydrogen (secondary N) is 1. The Bertz CT molecular complexity index is 537. The second-order valence-corrected chi connectivity index (χ2v) is 4.08. The molecule has 0 atom stereocenters. The van der Waals surface area contributed by atoms with Crippen LogP contribution in [0.2, 0.25) is 5.02 Å². The third kappa shape index (κ3) is 3.90. The number of anilines is 1. The zero-order valence-electron chi connectivity index (χ0n) is 10.3. The predicted octanol–water partition coefficient (Wildman–Crippen LogP) is 2.53. The molecule has 2 amide bonds. The van der Waals surface area contributed by atoms with Crippen LogP contribution in [0.3, 0.4) is 0 Å². The number of carbonyl (C=O) groups excluding carboxylic acids is 1. The molecule has 0 aromatic heterocycles. The third-order valence-corrected chi connectivity index (χ3v) is 2.64. The summed E-state index contributed by atoms with van der Waals surface area (Å²) in [5.74, 6) is 1.19. The molecule has 0 saturated heterocycles. The minimum absolute atomic E-state index is 0.0717. The van der Waals surface area contributed by atoms with Gasteiger partial charge in [0.25, 0.3) is 0 Å². The highest BCUT2D eigenvalue weighted by atomic mass is 35.5. The highest BCUT2D eigenvalue weighted by Gasteiger charge is 2.16. The summed E-state index contributed by atoms with van der Waals surface area (Å²) in [6.07, 6.45) is 5.15. The molecule has 0 heterocycles. The molecule has 5 nitrogen and oxygen atoms in total. The molecule has 100 valence electrons. The van der Waals surface area contributed by atoms with Crippen LogP contribution >= 0.6 is 11.6 Å². The van der Waals surface area contributed by atoms with E-state index in [1.165, 1.54) is 23.1 Å². The van der Waals surface area contributed by atoms with E-state index in [1.54, 1.807) is 6.92 Å². The molecule has 0 bridgehead atoms. The van der Waals surface area contributed by atoms with Gasteiger partial charge < -0.3 is 15.3 Å². The molecule has 0 aliphatic carbocycles. The number of aromatic carboxylic acids is 1. The van der Waals surface area contributed by atoms with Crippen molar-refractivity contribution in [3.8, 4) is 12.3 Å². The van der Waals surface area contributed by atoms with Crippen LogP contribution < -0.4 is 5.32 Å². The zero-order chi connectivity index (χ0) is 14.4. The van der Waals surface area contributed by atoms with Crippen LogP contribution in [0.15, 0.2) is 18.2 Å². The first-order valence-corrected chi connectivity index (χ1v) is 5.89. The first-order chi connectivity index (χ1) is 8.99. The summed E-state index contributed by atoms with van der Waals surface area (Å²) >= 11 is 5.72. The van der Waals surface area contributed by atoms with Gasteiger partial charge in [-0.2, -0.15) is 0 Å². The van der Waals surface area contributed by atoms with Crippen LogP contribution in [0.25, 0.3) is 0 Å². The number of urea groups is 1. The maximum atomic E-state index is 11.9. The van der Waals surface area contributed by atoms with Gasteiger partial charge in [-0.25, -0.2) is 9.59 Å². The van der Waals surface area contributed by atoms with E-state index < -0.39 is 12.0 Å². The molecular weight excluding hydrogens is 268 g/mol. The van der Waals surface area contributed by atoms with Crippen LogP contribution in [-0.2, 0) is 0 Å². The fraction of sp³-hybridized carbons (Fsp3) is 0.231. The first-order valence-electron chi connectivity index (χ1n) is 5.51. The summed E-state index contributed by atoms with van der Waals surface area (Å²) in [6, 6.07) is 3.76. The Morgan fingerprint density at radius 3 is 2.74 bits per heavy atom. The molecule has 1 aromatic rings. The van der Waals surface area contributed by atoms with Gasteiger partial charge >= 0.3 is 12.0 Å². The molecule has 2 N–H and O–H groups in total. The largest absolute Gasteiger partial charge is 0.478 e. The lowest BCUT2D eigenvalue weighted by atomic mass is 10.2. The minimum atomic E-state index is -1.17. The van der Waals surface area contributed by atoms with Crippen molar-refractivity contribution in [1.82, 2.24) is 4.90 Å². The van der Waals surface area contributed by atoms with E-state index in [4.69, 9.17) is 23.1 Å². The second kappa shape index (κ2) is 6.66. The third-order valence-electron chi connectivity index (χ3n) is 2.40. The average molecular weight is 281 g/mol. The fourth-order valence-electron chi connectivity index (χ4n) is 1.43. The summed E-state index contributed by atoms with van der Waals surface area (Å²) in [4.78, 5) is 24.3. The van der Waals surface area contributed by atoms with Crippen molar-refractivity contribution in [2.24, 2.45) is 0 Å². The molecule has 0 aliphatic heterocycles. The number of carboxylic acids is 1. The number of hydrogen-bond donors (Lipinski definition) is 2. The number of rotatable bonds is 4. The molecule has 19 heavy (non-hydrogen) atoms. The van der Waals surface area contributed by atoms with Gasteiger partial charge in [0.15, 0.2) is 0 Å². The number of hydrogen-bond acceptors (Lipinski definition) is 2. The Morgan fingerprint density at radius 1 is 1.53 bits per heavy atom. The Labute approximate surface area is 116 Å². The molecule has 0 fully saturated rings. The zero-order valence-corrected chi connectivity index (χ0v) is 11.1. The van der Waals surface area contributed by atoms with Gasteiger partial charge in [-0.15, -0.1) is 6.42 Å². The smallest absolute Gasteiger partial charge is 0.337 e. The minimum Gasteiger partial charge on any atom is -0.478 e. The fourth-order valence-corrected chi connectivity index (χ4v) is 1.61. The Hall–Kier alpha value is -2.19. The van der Waals surface area contributed by atoms with Gasteiger partial charge in [0.1, 0.15) is 0 Å². The van der Waals surface area contributed by atoms with Gasteiger partial charge in [0.2, 0.25) is 0 Å². The highest BCUT2D eigenvalue weighted by molar-refractivity contribution is 6.31. The van der Waals surface area contributed by atoms with Crippen molar-refractivity contribution in [1.29, 1.82) is 0 Å². The Kier molecular flexibility index (Phi) is 5.22. The summed E-state index contributed by atoms with van der Waals surface area (Å²) in [5.41, 5.74) is 0.106. The lowest BCUT2D eigenvalue weighted by Crippen LogP contribution is -2.35. The standard InChI is InChI=1S/C13H13ClN2O3/c1-3-7-16(4-2)13(19)15-11-6-5-9(14)8-10(11)12(17)18/h1,5-6,8H,4,7H2,2H3,(H,15,19)(H,17,18). The quantitative estimate of drug-likeness (QED) is 0.833. The predicted molar refractivity (Wildman–Crippen MR) is 73.5 cm³/mol. The Balaban J connectivity index is 2.96. The van der Waals surface area contributed by atoms with Gasteiger partial charge in [-0.05, 0) is 25.1 Å². The number of carbonyl (C=O) groups is 2. The van der Waals surface area contributed by atoms with Crippen molar-refractivity contribution >= 4 is 29.3 Å². The van der Waals surface area contributed by atoms with Gasteiger partial charge in [0, 0.05) is 11.6 Å². The highest BCUT2D eigenvalue weighted by Crippen LogP contribution is 2.21. The van der Waals surface area contributed by atoms with Crippen molar-refractivity contribution in [3.63, 3.8) is 0 Å². The molecule has 0 saturated carbocycles. The molecule has 0 unspecified atom stereocenters. The number of nitrogens with zero attached hydrogens (tertiary/aromatic N) is 1.